The average Bonchev–Trinajstić information content (AvgIpc) is 2.38. The molecule has 3 nitrogen and oxygen atoms in total. The predicted octanol–water partition coefficient (Wildman–Crippen LogP) is 3.36. The molecule has 0 aromatic heterocycles. The molecule has 0 bridgehead atoms. The summed E-state index contributed by atoms with van der Waals surface area (Å²) in [6, 6.07) is 8.07. The van der Waals surface area contributed by atoms with Crippen LogP contribution in [0.5, 0.6) is 5.75 Å². The molecule has 0 unspecified atom stereocenters. The summed E-state index contributed by atoms with van der Waals surface area (Å²) in [6.07, 6.45) is 3.83. The zero-order valence-corrected chi connectivity index (χ0v) is 11.3. The Balaban J connectivity index is 2.28. The summed E-state index contributed by atoms with van der Waals surface area (Å²) in [5, 5.41) is 0. The van der Waals surface area contributed by atoms with Crippen molar-refractivity contribution < 1.29 is 14.3 Å². The minimum Gasteiger partial charge on any atom is -0.493 e. The van der Waals surface area contributed by atoms with Crippen LogP contribution in [-0.4, -0.2) is 19.2 Å². The lowest BCUT2D eigenvalue weighted by molar-refractivity contribution is -0.143. The summed E-state index contributed by atoms with van der Waals surface area (Å²) in [7, 11) is 0. The summed E-state index contributed by atoms with van der Waals surface area (Å²) in [5.41, 5.74) is 1.33. The van der Waals surface area contributed by atoms with Gasteiger partial charge in [0.1, 0.15) is 5.75 Å². The van der Waals surface area contributed by atoms with Crippen LogP contribution in [-0.2, 0) is 16.0 Å². The predicted molar refractivity (Wildman–Crippen MR) is 71.8 cm³/mol. The molecule has 1 rings (SSSR count). The number of esters is 1. The van der Waals surface area contributed by atoms with Crippen molar-refractivity contribution >= 4 is 5.97 Å². The van der Waals surface area contributed by atoms with E-state index < -0.39 is 0 Å². The molecular formula is C15H22O3. The van der Waals surface area contributed by atoms with Crippen molar-refractivity contribution in [1.29, 1.82) is 0 Å². The lowest BCUT2D eigenvalue weighted by atomic mass is 10.1. The molecule has 0 aliphatic rings. The molecule has 0 atom stereocenters. The van der Waals surface area contributed by atoms with Gasteiger partial charge in [0.15, 0.2) is 0 Å². The fourth-order valence-corrected chi connectivity index (χ4v) is 1.62. The number of rotatable bonds is 8. The van der Waals surface area contributed by atoms with Crippen LogP contribution in [0, 0.1) is 0 Å². The maximum Gasteiger partial charge on any atom is 0.309 e. The molecule has 0 aliphatic carbocycles. The zero-order chi connectivity index (χ0) is 13.2. The lowest BCUT2D eigenvalue weighted by Crippen LogP contribution is -2.09. The van der Waals surface area contributed by atoms with Gasteiger partial charge in [0.25, 0.3) is 0 Å². The second-order valence-corrected chi connectivity index (χ2v) is 4.15. The van der Waals surface area contributed by atoms with E-state index in [2.05, 4.69) is 19.1 Å². The Morgan fingerprint density at radius 1 is 1.17 bits per heavy atom. The third kappa shape index (κ3) is 5.71. The molecule has 0 saturated carbocycles. The first kappa shape index (κ1) is 14.6. The van der Waals surface area contributed by atoms with Crippen molar-refractivity contribution in [3.63, 3.8) is 0 Å². The third-order valence-electron chi connectivity index (χ3n) is 2.62. The molecule has 100 valence electrons. The lowest BCUT2D eigenvalue weighted by Gasteiger charge is -2.07. The number of hydrogen-bond donors (Lipinski definition) is 0. The number of ether oxygens (including phenoxy) is 2. The largest absolute Gasteiger partial charge is 0.493 e. The minimum absolute atomic E-state index is 0.211. The Hall–Kier alpha value is -1.51. The van der Waals surface area contributed by atoms with Crippen molar-refractivity contribution in [3.8, 4) is 5.75 Å². The van der Waals surface area contributed by atoms with E-state index in [-0.39, 0.29) is 5.97 Å². The summed E-state index contributed by atoms with van der Waals surface area (Å²) in [4.78, 5) is 11.1. The molecule has 0 saturated heterocycles. The molecule has 0 aliphatic heterocycles. The minimum atomic E-state index is -0.211. The number of benzene rings is 1. The van der Waals surface area contributed by atoms with Crippen molar-refractivity contribution in [2.45, 2.75) is 39.5 Å². The van der Waals surface area contributed by atoms with Gasteiger partial charge in [-0.15, -0.1) is 0 Å². The van der Waals surface area contributed by atoms with Crippen LogP contribution in [0.2, 0.25) is 0 Å². The highest BCUT2D eigenvalue weighted by atomic mass is 16.5. The summed E-state index contributed by atoms with van der Waals surface area (Å²) >= 11 is 0. The Kier molecular flexibility index (Phi) is 6.92. The van der Waals surface area contributed by atoms with Crippen molar-refractivity contribution in [1.82, 2.24) is 0 Å². The number of hydrogen-bond acceptors (Lipinski definition) is 3. The zero-order valence-electron chi connectivity index (χ0n) is 11.3. The summed E-state index contributed by atoms with van der Waals surface area (Å²) in [6.45, 7) is 4.78. The Morgan fingerprint density at radius 2 is 1.89 bits per heavy atom. The second-order valence-electron chi connectivity index (χ2n) is 4.15. The number of aryl methyl sites for hydroxylation is 1. The van der Waals surface area contributed by atoms with Crippen LogP contribution in [0.3, 0.4) is 0 Å². The third-order valence-corrected chi connectivity index (χ3v) is 2.62. The second kappa shape index (κ2) is 8.56. The van der Waals surface area contributed by atoms with Gasteiger partial charge in [-0.1, -0.05) is 25.5 Å². The monoisotopic (exact) mass is 250 g/mol. The standard InChI is InChI=1S/C15H22O3/c1-3-5-6-13-7-9-14(10-8-13)18-12-11-15(16)17-4-2/h7-10H,3-6,11-12H2,1-2H3. The van der Waals surface area contributed by atoms with Gasteiger partial charge in [0.2, 0.25) is 0 Å². The van der Waals surface area contributed by atoms with Crippen molar-refractivity contribution in [2.75, 3.05) is 13.2 Å². The maximum atomic E-state index is 11.1. The highest BCUT2D eigenvalue weighted by Crippen LogP contribution is 2.14. The SMILES string of the molecule is CCCCc1ccc(OCCC(=O)OCC)cc1. The smallest absolute Gasteiger partial charge is 0.309 e. The average molecular weight is 250 g/mol. The molecule has 3 heteroatoms. The molecular weight excluding hydrogens is 228 g/mol. The Bertz CT molecular complexity index is 343. The van der Waals surface area contributed by atoms with Crippen LogP contribution >= 0.6 is 0 Å². The van der Waals surface area contributed by atoms with Gasteiger partial charge in [0, 0.05) is 0 Å². The normalized spacial score (nSPS) is 10.1. The van der Waals surface area contributed by atoms with Crippen molar-refractivity contribution in [3.05, 3.63) is 29.8 Å². The van der Waals surface area contributed by atoms with Gasteiger partial charge in [-0.2, -0.15) is 0 Å². The maximum absolute atomic E-state index is 11.1. The molecule has 18 heavy (non-hydrogen) atoms. The fraction of sp³-hybridized carbons (Fsp3) is 0.533. The quantitative estimate of drug-likeness (QED) is 0.664. The van der Waals surface area contributed by atoms with Gasteiger partial charge in [-0.05, 0) is 37.5 Å². The molecule has 0 amide bonds. The number of unbranched alkanes of at least 4 members (excludes halogenated alkanes) is 1. The van der Waals surface area contributed by atoms with Crippen LogP contribution < -0.4 is 4.74 Å². The van der Waals surface area contributed by atoms with E-state index in [0.29, 0.717) is 19.6 Å². The van der Waals surface area contributed by atoms with E-state index in [4.69, 9.17) is 9.47 Å². The molecule has 0 radical (unpaired) electrons. The van der Waals surface area contributed by atoms with Crippen LogP contribution in [0.15, 0.2) is 24.3 Å². The highest BCUT2D eigenvalue weighted by Gasteiger charge is 2.02. The first-order chi connectivity index (χ1) is 8.76. The Labute approximate surface area is 109 Å². The first-order valence-electron chi connectivity index (χ1n) is 6.63. The van der Waals surface area contributed by atoms with E-state index in [0.717, 1.165) is 12.2 Å². The van der Waals surface area contributed by atoms with Gasteiger partial charge >= 0.3 is 5.97 Å². The molecule has 1 aromatic carbocycles. The summed E-state index contributed by atoms with van der Waals surface area (Å²) in [5.74, 6) is 0.594. The Morgan fingerprint density at radius 3 is 2.50 bits per heavy atom. The van der Waals surface area contributed by atoms with Crippen LogP contribution in [0.1, 0.15) is 38.7 Å². The summed E-state index contributed by atoms with van der Waals surface area (Å²) < 4.78 is 10.3. The van der Waals surface area contributed by atoms with Crippen molar-refractivity contribution in [2.24, 2.45) is 0 Å². The van der Waals surface area contributed by atoms with Crippen LogP contribution in [0.25, 0.3) is 0 Å². The van der Waals surface area contributed by atoms with Gasteiger partial charge < -0.3 is 9.47 Å². The molecule has 1 aromatic rings. The first-order valence-corrected chi connectivity index (χ1v) is 6.63. The number of carbonyl (C=O) groups excluding carboxylic acids is 1. The van der Waals surface area contributed by atoms with Crippen LogP contribution in [0.4, 0.5) is 0 Å². The molecule has 0 heterocycles. The van der Waals surface area contributed by atoms with E-state index in [1.165, 1.54) is 18.4 Å². The molecule has 0 spiro atoms. The van der Waals surface area contributed by atoms with Gasteiger partial charge in [-0.3, -0.25) is 4.79 Å². The van der Waals surface area contributed by atoms with Gasteiger partial charge in [-0.25, -0.2) is 0 Å². The van der Waals surface area contributed by atoms with E-state index in [1.807, 2.05) is 12.1 Å². The van der Waals surface area contributed by atoms with E-state index >= 15 is 0 Å². The molecule has 0 fully saturated rings. The number of carbonyl (C=O) groups is 1. The van der Waals surface area contributed by atoms with E-state index in [9.17, 15) is 4.79 Å². The van der Waals surface area contributed by atoms with E-state index in [1.54, 1.807) is 6.92 Å². The highest BCUT2D eigenvalue weighted by molar-refractivity contribution is 5.69. The molecule has 0 N–H and O–H groups in total. The topological polar surface area (TPSA) is 35.5 Å². The van der Waals surface area contributed by atoms with Gasteiger partial charge in [0.05, 0.1) is 19.6 Å². The fourth-order valence-electron chi connectivity index (χ4n) is 1.62.